The SMILES string of the molecule is c1ccc(-c2cc3cc(-c4ccccc4)c(N(c4cccc5ccccc45)c4cccc5sc6ccccc6c45)cc3cc2N(c2cccc3ccccc23)c2cccc3sc4ccccc4c23)cc1. The van der Waals surface area contributed by atoms with Gasteiger partial charge in [-0.05, 0) is 105 Å². The number of hydrogen-bond acceptors (Lipinski definition) is 4. The zero-order valence-corrected chi connectivity index (χ0v) is 39.6. The summed E-state index contributed by atoms with van der Waals surface area (Å²) in [5.74, 6) is 0. The van der Waals surface area contributed by atoms with E-state index in [4.69, 9.17) is 0 Å². The molecule has 2 heterocycles. The number of rotatable bonds is 8. The average molecular weight is 927 g/mol. The molecule has 0 aliphatic heterocycles. The Morgan fingerprint density at radius 3 is 1.04 bits per heavy atom. The first-order valence-corrected chi connectivity index (χ1v) is 25.5. The van der Waals surface area contributed by atoms with Crippen molar-refractivity contribution in [2.45, 2.75) is 0 Å². The highest BCUT2D eigenvalue weighted by molar-refractivity contribution is 7.26. The van der Waals surface area contributed by atoms with Gasteiger partial charge < -0.3 is 9.80 Å². The van der Waals surface area contributed by atoms with Crippen LogP contribution in [0.5, 0.6) is 0 Å². The number of hydrogen-bond donors (Lipinski definition) is 0. The highest BCUT2D eigenvalue weighted by atomic mass is 32.1. The Morgan fingerprint density at radius 2 is 0.571 bits per heavy atom. The number of nitrogens with zero attached hydrogens (tertiary/aromatic N) is 2. The van der Waals surface area contributed by atoms with E-state index in [-0.39, 0.29) is 0 Å². The van der Waals surface area contributed by atoms with E-state index in [0.29, 0.717) is 0 Å². The van der Waals surface area contributed by atoms with Crippen molar-refractivity contribution in [3.8, 4) is 22.3 Å². The monoisotopic (exact) mass is 926 g/mol. The van der Waals surface area contributed by atoms with Crippen molar-refractivity contribution < 1.29 is 0 Å². The Hall–Kier alpha value is -8.54. The van der Waals surface area contributed by atoms with Crippen LogP contribution < -0.4 is 9.80 Å². The van der Waals surface area contributed by atoms with Crippen molar-refractivity contribution in [1.82, 2.24) is 0 Å². The Kier molecular flexibility index (Phi) is 9.61. The maximum atomic E-state index is 2.55. The van der Waals surface area contributed by atoms with Crippen molar-refractivity contribution in [2.24, 2.45) is 0 Å². The molecule has 0 atom stereocenters. The minimum Gasteiger partial charge on any atom is -0.309 e. The lowest BCUT2D eigenvalue weighted by Gasteiger charge is -2.32. The first-order chi connectivity index (χ1) is 34.7. The third-order valence-electron chi connectivity index (χ3n) is 14.0. The van der Waals surface area contributed by atoms with Crippen LogP contribution in [0.2, 0.25) is 0 Å². The zero-order chi connectivity index (χ0) is 46.1. The largest absolute Gasteiger partial charge is 0.309 e. The second kappa shape index (κ2) is 16.6. The normalized spacial score (nSPS) is 11.7. The summed E-state index contributed by atoms with van der Waals surface area (Å²) in [6, 6.07) is 94.2. The minimum atomic E-state index is 1.11. The lowest BCUT2D eigenvalue weighted by atomic mass is 9.92. The maximum absolute atomic E-state index is 2.55. The molecule has 0 aliphatic carbocycles. The summed E-state index contributed by atoms with van der Waals surface area (Å²) >= 11 is 3.72. The van der Waals surface area contributed by atoms with Crippen LogP contribution in [0.15, 0.2) is 255 Å². The average Bonchev–Trinajstić information content (AvgIpc) is 4.01. The Labute approximate surface area is 413 Å². The highest BCUT2D eigenvalue weighted by Crippen LogP contribution is 2.53. The van der Waals surface area contributed by atoms with Gasteiger partial charge >= 0.3 is 0 Å². The van der Waals surface area contributed by atoms with Crippen LogP contribution in [0.3, 0.4) is 0 Å². The summed E-state index contributed by atoms with van der Waals surface area (Å²) in [6.45, 7) is 0. The van der Waals surface area contributed by atoms with Gasteiger partial charge in [-0.25, -0.2) is 0 Å². The van der Waals surface area contributed by atoms with Gasteiger partial charge in [0.25, 0.3) is 0 Å². The molecule has 0 aliphatic rings. The molecule has 14 aromatic rings. The van der Waals surface area contributed by atoms with Crippen LogP contribution in [-0.4, -0.2) is 0 Å². The predicted octanol–water partition coefficient (Wildman–Crippen LogP) is 20.2. The first-order valence-electron chi connectivity index (χ1n) is 23.8. The smallest absolute Gasteiger partial charge is 0.0555 e. The van der Waals surface area contributed by atoms with E-state index in [0.717, 1.165) is 61.8 Å². The molecule has 0 unspecified atom stereocenters. The molecule has 70 heavy (non-hydrogen) atoms. The molecule has 0 bridgehead atoms. The van der Waals surface area contributed by atoms with Crippen molar-refractivity contribution in [3.05, 3.63) is 255 Å². The molecule has 2 aromatic heterocycles. The van der Waals surface area contributed by atoms with Gasteiger partial charge in [0.2, 0.25) is 0 Å². The summed E-state index contributed by atoms with van der Waals surface area (Å²) in [7, 11) is 0. The van der Waals surface area contributed by atoms with E-state index < -0.39 is 0 Å². The molecule has 0 radical (unpaired) electrons. The Morgan fingerprint density at radius 1 is 0.229 bits per heavy atom. The molecule has 12 aromatic carbocycles. The van der Waals surface area contributed by atoms with Crippen LogP contribution in [0.25, 0.3) is 94.9 Å². The minimum absolute atomic E-state index is 1.11. The third kappa shape index (κ3) is 6.60. The van der Waals surface area contributed by atoms with E-state index in [9.17, 15) is 0 Å². The van der Waals surface area contributed by atoms with E-state index in [1.165, 1.54) is 67.3 Å². The van der Waals surface area contributed by atoms with Crippen LogP contribution in [0, 0.1) is 0 Å². The Bertz CT molecular complexity index is 4040. The topological polar surface area (TPSA) is 6.48 Å². The molecule has 328 valence electrons. The fourth-order valence-corrected chi connectivity index (χ4v) is 13.1. The Balaban J connectivity index is 1.13. The third-order valence-corrected chi connectivity index (χ3v) is 16.3. The van der Waals surface area contributed by atoms with Gasteiger partial charge in [-0.1, -0.05) is 182 Å². The van der Waals surface area contributed by atoms with Gasteiger partial charge in [-0.15, -0.1) is 22.7 Å². The van der Waals surface area contributed by atoms with Gasteiger partial charge in [-0.2, -0.15) is 0 Å². The maximum Gasteiger partial charge on any atom is 0.0555 e. The molecule has 0 fully saturated rings. The van der Waals surface area contributed by atoms with Gasteiger partial charge in [-0.3, -0.25) is 0 Å². The second-order valence-electron chi connectivity index (χ2n) is 18.0. The van der Waals surface area contributed by atoms with Crippen LogP contribution in [0.1, 0.15) is 0 Å². The van der Waals surface area contributed by atoms with Gasteiger partial charge in [0.05, 0.1) is 34.1 Å². The summed E-state index contributed by atoms with van der Waals surface area (Å²) < 4.78 is 5.09. The van der Waals surface area contributed by atoms with E-state index in [2.05, 4.69) is 265 Å². The summed E-state index contributed by atoms with van der Waals surface area (Å²) in [4.78, 5) is 5.11. The molecule has 0 saturated heterocycles. The second-order valence-corrected chi connectivity index (χ2v) is 20.1. The number of benzene rings is 12. The summed E-state index contributed by atoms with van der Waals surface area (Å²) in [6.07, 6.45) is 0. The van der Waals surface area contributed by atoms with Gasteiger partial charge in [0, 0.05) is 62.2 Å². The lowest BCUT2D eigenvalue weighted by molar-refractivity contribution is 1.31. The summed E-state index contributed by atoms with van der Waals surface area (Å²) in [5, 5.41) is 12.1. The molecule has 0 amide bonds. The van der Waals surface area contributed by atoms with Crippen LogP contribution in [-0.2, 0) is 0 Å². The molecule has 2 nitrogen and oxygen atoms in total. The van der Waals surface area contributed by atoms with Gasteiger partial charge in [0.1, 0.15) is 0 Å². The van der Waals surface area contributed by atoms with E-state index >= 15 is 0 Å². The van der Waals surface area contributed by atoms with Crippen LogP contribution >= 0.6 is 22.7 Å². The zero-order valence-electron chi connectivity index (χ0n) is 38.0. The van der Waals surface area contributed by atoms with Crippen molar-refractivity contribution in [2.75, 3.05) is 9.80 Å². The molecule has 14 rings (SSSR count). The van der Waals surface area contributed by atoms with E-state index in [1.54, 1.807) is 0 Å². The molecule has 4 heteroatoms. The predicted molar refractivity (Wildman–Crippen MR) is 305 cm³/mol. The number of thiophene rings is 2. The molecule has 0 N–H and O–H groups in total. The summed E-state index contributed by atoms with van der Waals surface area (Å²) in [5.41, 5.74) is 11.4. The van der Waals surface area contributed by atoms with E-state index in [1.807, 2.05) is 22.7 Å². The highest BCUT2D eigenvalue weighted by Gasteiger charge is 2.27. The van der Waals surface area contributed by atoms with Crippen LogP contribution in [0.4, 0.5) is 34.1 Å². The fourth-order valence-electron chi connectivity index (χ4n) is 10.9. The molecular weight excluding hydrogens is 885 g/mol. The lowest BCUT2D eigenvalue weighted by Crippen LogP contribution is -2.13. The fraction of sp³-hybridized carbons (Fsp3) is 0. The molecule has 0 spiro atoms. The van der Waals surface area contributed by atoms with Gasteiger partial charge in [0.15, 0.2) is 0 Å². The molecular formula is C66H42N2S2. The number of anilines is 6. The van der Waals surface area contributed by atoms with Crippen molar-refractivity contribution >= 4 is 129 Å². The first kappa shape index (κ1) is 40.5. The van der Waals surface area contributed by atoms with Crippen molar-refractivity contribution in [1.29, 1.82) is 0 Å². The number of fused-ring (bicyclic) bond motifs is 9. The molecule has 0 saturated carbocycles. The quantitative estimate of drug-likeness (QED) is 0.150. The standard InChI is InChI=1S/C66H42N2S2/c1-3-19-45(20-4-1)53-39-47-40-54(46-21-5-2-6-22-46)60(68(56-32-16-26-44-24-8-10-28-50(44)56)58-34-18-38-64-66(58)52-30-12-14-36-62(52)70-64)42-48(47)41-59(53)67(55-31-15-25-43-23-7-9-27-49(43)55)57-33-17-37-63-65(57)51-29-11-13-35-61(51)69-63/h1-42H. The van der Waals surface area contributed by atoms with Crippen molar-refractivity contribution in [3.63, 3.8) is 0 Å².